The quantitative estimate of drug-likeness (QED) is 0.631. The molecule has 3 N–H and O–H groups in total. The third-order valence-electron chi connectivity index (χ3n) is 3.73. The number of anilines is 1. The molecule has 1 fully saturated rings. The second kappa shape index (κ2) is 6.04. The molecule has 1 saturated heterocycles. The first-order chi connectivity index (χ1) is 9.15. The molecule has 0 aliphatic carbocycles. The first-order valence-corrected chi connectivity index (χ1v) is 6.74. The average molecular weight is 262 g/mol. The third kappa shape index (κ3) is 3.05. The number of benzene rings is 1. The number of hydrogen-bond acceptors (Lipinski definition) is 4. The Labute approximate surface area is 114 Å². The van der Waals surface area contributed by atoms with E-state index in [1.54, 1.807) is 0 Å². The number of aryl methyl sites for hydroxylation is 1. The number of carbonyl (C=O) groups is 1. The Morgan fingerprint density at radius 3 is 2.53 bits per heavy atom. The van der Waals surface area contributed by atoms with Crippen LogP contribution in [0.3, 0.4) is 0 Å². The highest BCUT2D eigenvalue weighted by Crippen LogP contribution is 2.17. The van der Waals surface area contributed by atoms with Gasteiger partial charge in [-0.3, -0.25) is 10.6 Å². The van der Waals surface area contributed by atoms with Crippen LogP contribution in [0.25, 0.3) is 0 Å². The van der Waals surface area contributed by atoms with Gasteiger partial charge in [0.05, 0.1) is 0 Å². The number of nitrogens with one attached hydrogen (secondary N) is 1. The molecule has 0 unspecified atom stereocenters. The maximum Gasteiger partial charge on any atom is 0.254 e. The predicted octanol–water partition coefficient (Wildman–Crippen LogP) is 1.06. The lowest BCUT2D eigenvalue weighted by Crippen LogP contribution is -2.48. The number of nitrogens with zero attached hydrogens (tertiary/aromatic N) is 2. The molecular formula is C14H22N4O. The van der Waals surface area contributed by atoms with Gasteiger partial charge in [-0.25, -0.2) is 0 Å². The van der Waals surface area contributed by atoms with E-state index in [1.807, 2.05) is 30.0 Å². The number of rotatable bonds is 3. The van der Waals surface area contributed by atoms with Crippen molar-refractivity contribution in [3.05, 3.63) is 29.3 Å². The minimum absolute atomic E-state index is 0.122. The summed E-state index contributed by atoms with van der Waals surface area (Å²) in [6, 6.07) is 5.58. The lowest BCUT2D eigenvalue weighted by atomic mass is 10.1. The summed E-state index contributed by atoms with van der Waals surface area (Å²) in [7, 11) is 0. The smallest absolute Gasteiger partial charge is 0.254 e. The van der Waals surface area contributed by atoms with Crippen molar-refractivity contribution >= 4 is 11.6 Å². The van der Waals surface area contributed by atoms with Crippen LogP contribution < -0.4 is 11.3 Å². The molecule has 0 aromatic heterocycles. The first-order valence-electron chi connectivity index (χ1n) is 6.74. The molecule has 5 heteroatoms. The van der Waals surface area contributed by atoms with Gasteiger partial charge in [-0.05, 0) is 37.2 Å². The highest BCUT2D eigenvalue weighted by atomic mass is 16.2. The van der Waals surface area contributed by atoms with Crippen LogP contribution in [0.4, 0.5) is 5.69 Å². The van der Waals surface area contributed by atoms with Gasteiger partial charge in [0.15, 0.2) is 0 Å². The molecular weight excluding hydrogens is 240 g/mol. The van der Waals surface area contributed by atoms with Crippen molar-refractivity contribution in [2.75, 3.05) is 38.1 Å². The molecule has 104 valence electrons. The Kier molecular flexibility index (Phi) is 4.39. The molecule has 0 spiro atoms. The van der Waals surface area contributed by atoms with Crippen molar-refractivity contribution in [3.8, 4) is 0 Å². The number of carbonyl (C=O) groups excluding carboxylic acids is 1. The molecule has 19 heavy (non-hydrogen) atoms. The van der Waals surface area contributed by atoms with Gasteiger partial charge < -0.3 is 15.2 Å². The number of nitrogen functional groups attached to an aromatic ring is 1. The fourth-order valence-corrected chi connectivity index (χ4v) is 2.43. The lowest BCUT2D eigenvalue weighted by molar-refractivity contribution is 0.0642. The highest BCUT2D eigenvalue weighted by Gasteiger charge is 2.22. The van der Waals surface area contributed by atoms with E-state index in [-0.39, 0.29) is 5.91 Å². The minimum Gasteiger partial charge on any atom is -0.336 e. The fourth-order valence-electron chi connectivity index (χ4n) is 2.43. The summed E-state index contributed by atoms with van der Waals surface area (Å²) in [4.78, 5) is 16.8. The van der Waals surface area contributed by atoms with E-state index in [2.05, 4.69) is 17.2 Å². The summed E-state index contributed by atoms with van der Waals surface area (Å²) < 4.78 is 0. The molecule has 0 atom stereocenters. The Morgan fingerprint density at radius 1 is 1.32 bits per heavy atom. The first kappa shape index (κ1) is 13.8. The Balaban J connectivity index is 2.08. The molecule has 1 aliphatic rings. The molecule has 2 rings (SSSR count). The van der Waals surface area contributed by atoms with Crippen LogP contribution >= 0.6 is 0 Å². The van der Waals surface area contributed by atoms with Crippen molar-refractivity contribution < 1.29 is 4.79 Å². The Morgan fingerprint density at radius 2 is 2.00 bits per heavy atom. The fraction of sp³-hybridized carbons (Fsp3) is 0.500. The normalized spacial score (nSPS) is 16.5. The maximum absolute atomic E-state index is 12.5. The second-order valence-electron chi connectivity index (χ2n) is 4.90. The van der Waals surface area contributed by atoms with E-state index in [4.69, 9.17) is 5.84 Å². The van der Waals surface area contributed by atoms with E-state index in [9.17, 15) is 4.79 Å². The summed E-state index contributed by atoms with van der Waals surface area (Å²) >= 11 is 0. The Bertz CT molecular complexity index is 453. The van der Waals surface area contributed by atoms with Crippen LogP contribution in [-0.4, -0.2) is 48.4 Å². The molecule has 5 nitrogen and oxygen atoms in total. The number of likely N-dealkylation sites (N-methyl/N-ethyl adjacent to an activating group) is 1. The van der Waals surface area contributed by atoms with Gasteiger partial charge in [-0.15, -0.1) is 0 Å². The van der Waals surface area contributed by atoms with E-state index in [1.165, 1.54) is 0 Å². The van der Waals surface area contributed by atoms with Gasteiger partial charge in [0, 0.05) is 37.4 Å². The van der Waals surface area contributed by atoms with E-state index in [0.717, 1.165) is 49.5 Å². The minimum atomic E-state index is 0.122. The molecule has 0 bridgehead atoms. The predicted molar refractivity (Wildman–Crippen MR) is 77.0 cm³/mol. The van der Waals surface area contributed by atoms with Crippen molar-refractivity contribution in [1.29, 1.82) is 0 Å². The van der Waals surface area contributed by atoms with Gasteiger partial charge in [0.2, 0.25) is 0 Å². The van der Waals surface area contributed by atoms with Crippen LogP contribution in [0.1, 0.15) is 22.8 Å². The molecule has 1 aliphatic heterocycles. The summed E-state index contributed by atoms with van der Waals surface area (Å²) in [6.07, 6.45) is 0. The zero-order valence-corrected chi connectivity index (χ0v) is 11.6. The Hall–Kier alpha value is -1.59. The summed E-state index contributed by atoms with van der Waals surface area (Å²) in [5.41, 5.74) is 5.14. The molecule has 1 aromatic carbocycles. The van der Waals surface area contributed by atoms with Crippen molar-refractivity contribution in [3.63, 3.8) is 0 Å². The monoisotopic (exact) mass is 262 g/mol. The molecule has 1 aromatic rings. The van der Waals surface area contributed by atoms with Gasteiger partial charge in [-0.2, -0.15) is 0 Å². The van der Waals surface area contributed by atoms with Crippen molar-refractivity contribution in [1.82, 2.24) is 9.80 Å². The number of hydrazine groups is 1. The van der Waals surface area contributed by atoms with Crippen LogP contribution in [0.5, 0.6) is 0 Å². The van der Waals surface area contributed by atoms with Gasteiger partial charge in [0.25, 0.3) is 5.91 Å². The van der Waals surface area contributed by atoms with Crippen LogP contribution in [0, 0.1) is 6.92 Å². The summed E-state index contributed by atoms with van der Waals surface area (Å²) in [5.74, 6) is 5.49. The maximum atomic E-state index is 12.5. The van der Waals surface area contributed by atoms with Gasteiger partial charge in [0.1, 0.15) is 0 Å². The van der Waals surface area contributed by atoms with Crippen LogP contribution in [-0.2, 0) is 0 Å². The topological polar surface area (TPSA) is 61.6 Å². The summed E-state index contributed by atoms with van der Waals surface area (Å²) in [5, 5.41) is 0. The standard InChI is InChI=1S/C14H22N4O/c1-3-17-6-8-18(9-7-17)14(19)13-5-4-12(16-15)10-11(13)2/h4-5,10,16H,3,6-9,15H2,1-2H3. The van der Waals surface area contributed by atoms with E-state index in [0.29, 0.717) is 0 Å². The zero-order valence-electron chi connectivity index (χ0n) is 11.6. The zero-order chi connectivity index (χ0) is 13.8. The highest BCUT2D eigenvalue weighted by molar-refractivity contribution is 5.96. The van der Waals surface area contributed by atoms with E-state index >= 15 is 0 Å². The second-order valence-corrected chi connectivity index (χ2v) is 4.90. The third-order valence-corrected chi connectivity index (χ3v) is 3.73. The van der Waals surface area contributed by atoms with Crippen molar-refractivity contribution in [2.24, 2.45) is 5.84 Å². The largest absolute Gasteiger partial charge is 0.336 e. The average Bonchev–Trinajstić information content (AvgIpc) is 2.46. The number of piperazine rings is 1. The molecule has 0 radical (unpaired) electrons. The summed E-state index contributed by atoms with van der Waals surface area (Å²) in [6.45, 7) is 8.69. The van der Waals surface area contributed by atoms with Crippen molar-refractivity contribution in [2.45, 2.75) is 13.8 Å². The van der Waals surface area contributed by atoms with Gasteiger partial charge >= 0.3 is 0 Å². The molecule has 0 saturated carbocycles. The SMILES string of the molecule is CCN1CCN(C(=O)c2ccc(NN)cc2C)CC1. The van der Waals surface area contributed by atoms with Crippen LogP contribution in [0.15, 0.2) is 18.2 Å². The number of amides is 1. The van der Waals surface area contributed by atoms with Crippen LogP contribution in [0.2, 0.25) is 0 Å². The molecule has 1 heterocycles. The number of hydrogen-bond donors (Lipinski definition) is 2. The van der Waals surface area contributed by atoms with E-state index < -0.39 is 0 Å². The van der Waals surface area contributed by atoms with Gasteiger partial charge in [-0.1, -0.05) is 6.92 Å². The lowest BCUT2D eigenvalue weighted by Gasteiger charge is -2.34. The molecule has 1 amide bonds. The number of nitrogens with two attached hydrogens (primary N) is 1.